The number of nitrogens with one attached hydrogen (secondary N) is 1. The Morgan fingerprint density at radius 1 is 1.29 bits per heavy atom. The van der Waals surface area contributed by atoms with Crippen LogP contribution in [0.5, 0.6) is 0 Å². The summed E-state index contributed by atoms with van der Waals surface area (Å²) in [5, 5.41) is 3.18. The van der Waals surface area contributed by atoms with Crippen LogP contribution in [-0.2, 0) is 6.18 Å². The molecule has 0 aliphatic carbocycles. The van der Waals surface area contributed by atoms with Gasteiger partial charge in [0.25, 0.3) is 0 Å². The zero-order chi connectivity index (χ0) is 14.3. The molecule has 0 spiro atoms. The summed E-state index contributed by atoms with van der Waals surface area (Å²) in [7, 11) is 0. The van der Waals surface area contributed by atoms with E-state index < -0.39 is 11.7 Å². The van der Waals surface area contributed by atoms with Crippen molar-refractivity contribution in [1.82, 2.24) is 10.2 Å². The first-order chi connectivity index (χ1) is 9.47. The van der Waals surface area contributed by atoms with Crippen molar-refractivity contribution in [3.8, 4) is 0 Å². The van der Waals surface area contributed by atoms with Gasteiger partial charge in [0.1, 0.15) is 0 Å². The van der Waals surface area contributed by atoms with Gasteiger partial charge in [-0.15, -0.1) is 12.4 Å². The number of carbonyl (C=O) groups is 1. The third kappa shape index (κ3) is 2.94. The monoisotopic (exact) mass is 321 g/mol. The second-order valence-corrected chi connectivity index (χ2v) is 4.99. The first kappa shape index (κ1) is 15.9. The topological polar surface area (TPSA) is 35.6 Å². The molecular weight excluding hydrogens is 307 g/mol. The van der Waals surface area contributed by atoms with Crippen LogP contribution in [0, 0.1) is 0 Å². The molecule has 116 valence electrons. The normalized spacial score (nSPS) is 22.0. The Hall–Kier alpha value is -1.47. The number of nitrogens with zero attached hydrogens (tertiary/aromatic N) is 2. The highest BCUT2D eigenvalue weighted by molar-refractivity contribution is 5.94. The fraction of sp³-hybridized carbons (Fsp3) is 0.462. The lowest BCUT2D eigenvalue weighted by atomic mass is 10.1. The molecule has 1 unspecified atom stereocenters. The van der Waals surface area contributed by atoms with E-state index in [4.69, 9.17) is 0 Å². The van der Waals surface area contributed by atoms with Gasteiger partial charge in [-0.2, -0.15) is 13.2 Å². The molecule has 1 atom stereocenters. The Morgan fingerprint density at radius 3 is 2.71 bits per heavy atom. The molecule has 2 fully saturated rings. The molecule has 4 nitrogen and oxygen atoms in total. The summed E-state index contributed by atoms with van der Waals surface area (Å²) in [6.07, 6.45) is -4.40. The van der Waals surface area contributed by atoms with E-state index in [1.165, 1.54) is 11.0 Å². The number of carbonyl (C=O) groups excluding carboxylic acids is 1. The zero-order valence-corrected chi connectivity index (χ0v) is 11.9. The van der Waals surface area contributed by atoms with Crippen molar-refractivity contribution in [1.29, 1.82) is 0 Å². The van der Waals surface area contributed by atoms with E-state index in [1.807, 2.05) is 0 Å². The molecule has 0 saturated carbocycles. The Bertz CT molecular complexity index is 538. The standard InChI is InChI=1S/C13H14F3N3O.ClH/c14-13(15,16)9-2-1-3-10(6-9)19-8-11-7-17-4-5-18(11)12(19)20;/h1-3,6,11,17H,4-5,7-8H2;1H. The van der Waals surface area contributed by atoms with E-state index in [-0.39, 0.29) is 24.5 Å². The minimum atomic E-state index is -4.40. The SMILES string of the molecule is Cl.O=C1N(c2cccc(C(F)(F)F)c2)CC2CNCCN12. The summed E-state index contributed by atoms with van der Waals surface area (Å²) >= 11 is 0. The van der Waals surface area contributed by atoms with Gasteiger partial charge in [-0.1, -0.05) is 6.07 Å². The van der Waals surface area contributed by atoms with Crippen molar-refractivity contribution in [3.05, 3.63) is 29.8 Å². The maximum atomic E-state index is 12.7. The molecule has 2 saturated heterocycles. The first-order valence-corrected chi connectivity index (χ1v) is 6.43. The van der Waals surface area contributed by atoms with Crippen LogP contribution in [0.3, 0.4) is 0 Å². The summed E-state index contributed by atoms with van der Waals surface area (Å²) in [6.45, 7) is 2.42. The summed E-state index contributed by atoms with van der Waals surface area (Å²) < 4.78 is 38.2. The molecule has 3 rings (SSSR count). The summed E-state index contributed by atoms with van der Waals surface area (Å²) in [5.74, 6) is 0. The predicted octanol–water partition coefficient (Wildman–Crippen LogP) is 2.34. The van der Waals surface area contributed by atoms with Crippen molar-refractivity contribution < 1.29 is 18.0 Å². The number of fused-ring (bicyclic) bond motifs is 1. The number of benzene rings is 1. The molecule has 2 heterocycles. The van der Waals surface area contributed by atoms with Crippen LogP contribution < -0.4 is 10.2 Å². The largest absolute Gasteiger partial charge is 0.416 e. The quantitative estimate of drug-likeness (QED) is 0.862. The van der Waals surface area contributed by atoms with Gasteiger partial charge in [-0.05, 0) is 18.2 Å². The number of hydrogen-bond acceptors (Lipinski definition) is 2. The van der Waals surface area contributed by atoms with Crippen molar-refractivity contribution in [2.45, 2.75) is 12.2 Å². The van der Waals surface area contributed by atoms with Crippen molar-refractivity contribution in [2.75, 3.05) is 31.1 Å². The third-order valence-corrected chi connectivity index (χ3v) is 3.71. The van der Waals surface area contributed by atoms with E-state index in [9.17, 15) is 18.0 Å². The van der Waals surface area contributed by atoms with E-state index in [0.717, 1.165) is 18.7 Å². The number of rotatable bonds is 1. The van der Waals surface area contributed by atoms with Crippen LogP contribution in [0.4, 0.5) is 23.7 Å². The van der Waals surface area contributed by atoms with Crippen LogP contribution in [-0.4, -0.2) is 43.2 Å². The van der Waals surface area contributed by atoms with Crippen LogP contribution >= 0.6 is 12.4 Å². The van der Waals surface area contributed by atoms with E-state index in [2.05, 4.69) is 5.32 Å². The number of hydrogen-bond donors (Lipinski definition) is 1. The second kappa shape index (κ2) is 5.73. The van der Waals surface area contributed by atoms with E-state index in [1.54, 1.807) is 11.0 Å². The maximum Gasteiger partial charge on any atom is 0.416 e. The van der Waals surface area contributed by atoms with E-state index >= 15 is 0 Å². The van der Waals surface area contributed by atoms with Gasteiger partial charge >= 0.3 is 12.2 Å². The van der Waals surface area contributed by atoms with Crippen LogP contribution in [0.25, 0.3) is 0 Å². The molecule has 8 heteroatoms. The molecule has 2 aliphatic heterocycles. The van der Waals surface area contributed by atoms with Gasteiger partial charge in [-0.3, -0.25) is 4.90 Å². The number of halogens is 4. The molecule has 0 bridgehead atoms. The molecule has 1 aromatic rings. The third-order valence-electron chi connectivity index (χ3n) is 3.71. The average molecular weight is 322 g/mol. The smallest absolute Gasteiger partial charge is 0.317 e. The fourth-order valence-corrected chi connectivity index (χ4v) is 2.69. The van der Waals surface area contributed by atoms with Crippen molar-refractivity contribution >= 4 is 24.1 Å². The number of urea groups is 1. The molecule has 2 amide bonds. The lowest BCUT2D eigenvalue weighted by Crippen LogP contribution is -2.49. The van der Waals surface area contributed by atoms with Crippen LogP contribution in [0.1, 0.15) is 5.56 Å². The maximum absolute atomic E-state index is 12.7. The summed E-state index contributed by atoms with van der Waals surface area (Å²) in [4.78, 5) is 15.4. The van der Waals surface area contributed by atoms with E-state index in [0.29, 0.717) is 25.3 Å². The first-order valence-electron chi connectivity index (χ1n) is 6.43. The number of piperazine rings is 1. The molecule has 0 radical (unpaired) electrons. The van der Waals surface area contributed by atoms with Gasteiger partial charge in [0, 0.05) is 31.9 Å². The summed E-state index contributed by atoms with van der Waals surface area (Å²) in [6, 6.07) is 4.74. The Balaban J connectivity index is 0.00000161. The minimum absolute atomic E-state index is 0. The van der Waals surface area contributed by atoms with Crippen LogP contribution in [0.2, 0.25) is 0 Å². The van der Waals surface area contributed by atoms with Crippen LogP contribution in [0.15, 0.2) is 24.3 Å². The molecule has 21 heavy (non-hydrogen) atoms. The molecular formula is C13H15ClF3N3O. The van der Waals surface area contributed by atoms with Crippen molar-refractivity contribution in [3.63, 3.8) is 0 Å². The number of amides is 2. The highest BCUT2D eigenvalue weighted by atomic mass is 35.5. The lowest BCUT2D eigenvalue weighted by molar-refractivity contribution is -0.137. The van der Waals surface area contributed by atoms with Gasteiger partial charge in [0.15, 0.2) is 0 Å². The zero-order valence-electron chi connectivity index (χ0n) is 11.1. The second-order valence-electron chi connectivity index (χ2n) is 4.99. The lowest BCUT2D eigenvalue weighted by Gasteiger charge is -2.28. The number of anilines is 1. The Morgan fingerprint density at radius 2 is 2.05 bits per heavy atom. The predicted molar refractivity (Wildman–Crippen MR) is 74.8 cm³/mol. The van der Waals surface area contributed by atoms with Gasteiger partial charge in [0.2, 0.25) is 0 Å². The fourth-order valence-electron chi connectivity index (χ4n) is 2.69. The Kier molecular flexibility index (Phi) is 4.34. The highest BCUT2D eigenvalue weighted by Crippen LogP contribution is 2.33. The number of alkyl halides is 3. The van der Waals surface area contributed by atoms with Gasteiger partial charge in [-0.25, -0.2) is 4.79 Å². The molecule has 1 N–H and O–H groups in total. The van der Waals surface area contributed by atoms with Gasteiger partial charge in [0.05, 0.1) is 11.6 Å². The molecule has 1 aromatic carbocycles. The minimum Gasteiger partial charge on any atom is -0.317 e. The Labute approximate surface area is 126 Å². The van der Waals surface area contributed by atoms with Gasteiger partial charge < -0.3 is 10.2 Å². The average Bonchev–Trinajstić information content (AvgIpc) is 2.76. The van der Waals surface area contributed by atoms with Crippen molar-refractivity contribution in [2.24, 2.45) is 0 Å². The molecule has 2 aliphatic rings. The highest BCUT2D eigenvalue weighted by Gasteiger charge is 2.40. The summed E-state index contributed by atoms with van der Waals surface area (Å²) in [5.41, 5.74) is -0.426. The molecule has 0 aromatic heterocycles.